The van der Waals surface area contributed by atoms with E-state index >= 15 is 0 Å². The fraction of sp³-hybridized carbons (Fsp3) is 0.667. The second-order valence-electron chi connectivity index (χ2n) is 3.42. The van der Waals surface area contributed by atoms with Crippen molar-refractivity contribution < 1.29 is 10.8 Å². The van der Waals surface area contributed by atoms with Gasteiger partial charge in [-0.25, -0.2) is 0 Å². The van der Waals surface area contributed by atoms with Gasteiger partial charge in [0.2, 0.25) is 5.88 Å². The Morgan fingerprint density at radius 1 is 1.77 bits per heavy atom. The monoisotopic (exact) mass is 183 g/mol. The highest BCUT2D eigenvalue weighted by molar-refractivity contribution is 5.07. The van der Waals surface area contributed by atoms with Crippen LogP contribution in [-0.4, -0.2) is 29.1 Å². The third kappa shape index (κ3) is 1.83. The van der Waals surface area contributed by atoms with E-state index < -0.39 is 0 Å². The van der Waals surface area contributed by atoms with Crippen LogP contribution < -0.4 is 4.74 Å². The molecule has 4 nitrogen and oxygen atoms in total. The van der Waals surface area contributed by atoms with Crippen molar-refractivity contribution in [2.45, 2.75) is 26.0 Å². The van der Waals surface area contributed by atoms with Crippen molar-refractivity contribution in [2.24, 2.45) is 0 Å². The van der Waals surface area contributed by atoms with Crippen LogP contribution in [0.1, 0.15) is 21.3 Å². The predicted octanol–water partition coefficient (Wildman–Crippen LogP) is 1.24. The van der Waals surface area contributed by atoms with E-state index in [1.165, 1.54) is 0 Å². The summed E-state index contributed by atoms with van der Waals surface area (Å²) in [6.07, 6.45) is 1.74. The lowest BCUT2D eigenvalue weighted by Crippen LogP contribution is -2.30. The first-order valence-corrected chi connectivity index (χ1v) is 4.47. The molecular weight excluding hydrogens is 168 g/mol. The van der Waals surface area contributed by atoms with Crippen LogP contribution in [0, 0.1) is 0 Å². The number of rotatable bonds is 3. The molecule has 2 rings (SSSR count). The van der Waals surface area contributed by atoms with Crippen LogP contribution in [0.25, 0.3) is 0 Å². The molecular formula is C9H14N2O2. The third-order valence-corrected chi connectivity index (χ3v) is 1.87. The summed E-state index contributed by atoms with van der Waals surface area (Å²) in [6, 6.07) is 0.620. The lowest BCUT2D eigenvalue weighted by atomic mass is 10.3. The minimum atomic E-state index is 0.0556. The quantitative estimate of drug-likeness (QED) is 0.707. The molecule has 0 aromatic carbocycles. The fourth-order valence-corrected chi connectivity index (χ4v) is 1.13. The molecule has 1 aromatic heterocycles. The van der Waals surface area contributed by atoms with Crippen LogP contribution in [0.5, 0.6) is 5.88 Å². The number of nitrogens with zero attached hydrogens (tertiary/aromatic N) is 2. The van der Waals surface area contributed by atoms with Crippen molar-refractivity contribution in [1.82, 2.24) is 9.78 Å². The molecule has 1 fully saturated rings. The summed E-state index contributed by atoms with van der Waals surface area (Å²) in [5.74, 6) is 0.409. The van der Waals surface area contributed by atoms with Crippen LogP contribution in [0.15, 0.2) is 12.2 Å². The van der Waals surface area contributed by atoms with Gasteiger partial charge in [-0.1, -0.05) is 0 Å². The third-order valence-electron chi connectivity index (χ3n) is 1.87. The highest BCUT2D eigenvalue weighted by Gasteiger charge is 2.21. The summed E-state index contributed by atoms with van der Waals surface area (Å²) in [5.41, 5.74) is 0. The molecule has 0 unspecified atom stereocenters. The molecule has 2 heterocycles. The summed E-state index contributed by atoms with van der Waals surface area (Å²) in [5, 5.41) is 4.20. The molecule has 0 atom stereocenters. The zero-order valence-electron chi connectivity index (χ0n) is 8.86. The Kier molecular flexibility index (Phi) is 1.92. The molecule has 0 radical (unpaired) electrons. The van der Waals surface area contributed by atoms with Gasteiger partial charge in [0.05, 0.1) is 26.7 Å². The van der Waals surface area contributed by atoms with Crippen LogP contribution >= 0.6 is 0 Å². The van der Waals surface area contributed by atoms with Gasteiger partial charge in [-0.3, -0.25) is 4.68 Å². The molecule has 1 aliphatic rings. The van der Waals surface area contributed by atoms with E-state index in [1.54, 1.807) is 10.9 Å². The first-order valence-electron chi connectivity index (χ1n) is 4.97. The second-order valence-corrected chi connectivity index (χ2v) is 3.42. The highest BCUT2D eigenvalue weighted by atomic mass is 16.5. The minimum absolute atomic E-state index is 0.0556. The topological polar surface area (TPSA) is 36.3 Å². The smallest absolute Gasteiger partial charge is 0.232 e. The lowest BCUT2D eigenvalue weighted by molar-refractivity contribution is -0.0291. The highest BCUT2D eigenvalue weighted by Crippen LogP contribution is 2.18. The number of hydrogen-bond acceptors (Lipinski definition) is 3. The molecule has 13 heavy (non-hydrogen) atoms. The largest absolute Gasteiger partial charge is 0.474 e. The van der Waals surface area contributed by atoms with Crippen LogP contribution in [0.4, 0.5) is 0 Å². The minimum Gasteiger partial charge on any atom is -0.474 e. The summed E-state index contributed by atoms with van der Waals surface area (Å²) < 4.78 is 19.8. The van der Waals surface area contributed by atoms with Crippen LogP contribution in [-0.2, 0) is 4.74 Å². The van der Waals surface area contributed by atoms with Crippen LogP contribution in [0.3, 0.4) is 0 Å². The Morgan fingerprint density at radius 2 is 2.54 bits per heavy atom. The summed E-state index contributed by atoms with van der Waals surface area (Å²) in [7, 11) is 0. The average Bonchev–Trinajstić information content (AvgIpc) is 2.27. The van der Waals surface area contributed by atoms with Crippen molar-refractivity contribution in [3.05, 3.63) is 12.2 Å². The molecule has 0 bridgehead atoms. The Labute approximate surface area is 78.9 Å². The van der Waals surface area contributed by atoms with Gasteiger partial charge in [-0.2, -0.15) is 0 Å². The van der Waals surface area contributed by atoms with E-state index in [-0.39, 0.29) is 12.1 Å². The number of aromatic nitrogens is 2. The normalized spacial score (nSPS) is 18.5. The van der Waals surface area contributed by atoms with Gasteiger partial charge >= 0.3 is 0 Å². The standard InChI is InChI=1S/C9H14N2O2/c1-7(2)13-9-3-4-11(10-9)8-5-12-6-8/h3-4,7-8H,5-6H2,1-2H3/i3D. The molecule has 0 spiro atoms. The molecule has 0 aliphatic carbocycles. The first-order chi connectivity index (χ1) is 6.66. The summed E-state index contributed by atoms with van der Waals surface area (Å²) in [4.78, 5) is 0. The lowest BCUT2D eigenvalue weighted by Gasteiger charge is -2.25. The second kappa shape index (κ2) is 3.38. The van der Waals surface area contributed by atoms with E-state index in [9.17, 15) is 0 Å². The SMILES string of the molecule is [2H]c1cn(C2COC2)nc1OC(C)C. The van der Waals surface area contributed by atoms with E-state index in [2.05, 4.69) is 5.10 Å². The van der Waals surface area contributed by atoms with Crippen molar-refractivity contribution in [3.8, 4) is 5.88 Å². The maximum Gasteiger partial charge on any atom is 0.232 e. The zero-order chi connectivity index (χ0) is 10.1. The number of hydrogen-bond donors (Lipinski definition) is 0. The fourth-order valence-electron chi connectivity index (χ4n) is 1.13. The summed E-state index contributed by atoms with van der Waals surface area (Å²) in [6.45, 7) is 5.21. The maximum absolute atomic E-state index is 7.63. The maximum atomic E-state index is 7.63. The van der Waals surface area contributed by atoms with Gasteiger partial charge in [0.1, 0.15) is 0 Å². The predicted molar refractivity (Wildman–Crippen MR) is 47.8 cm³/mol. The Morgan fingerprint density at radius 3 is 3.08 bits per heavy atom. The molecule has 4 heteroatoms. The first kappa shape index (κ1) is 7.38. The van der Waals surface area contributed by atoms with E-state index in [4.69, 9.17) is 10.8 Å². The molecule has 72 valence electrons. The van der Waals surface area contributed by atoms with Crippen LogP contribution in [0.2, 0.25) is 0 Å². The molecule has 0 saturated carbocycles. The van der Waals surface area contributed by atoms with Crippen molar-refractivity contribution in [3.63, 3.8) is 0 Å². The summed E-state index contributed by atoms with van der Waals surface area (Å²) >= 11 is 0. The van der Waals surface area contributed by atoms with Crippen molar-refractivity contribution >= 4 is 0 Å². The van der Waals surface area contributed by atoms with E-state index in [1.807, 2.05) is 13.8 Å². The molecule has 1 saturated heterocycles. The van der Waals surface area contributed by atoms with Gasteiger partial charge < -0.3 is 9.47 Å². The van der Waals surface area contributed by atoms with Crippen molar-refractivity contribution in [1.29, 1.82) is 0 Å². The van der Waals surface area contributed by atoms with Crippen molar-refractivity contribution in [2.75, 3.05) is 13.2 Å². The van der Waals surface area contributed by atoms with Gasteiger partial charge in [0, 0.05) is 12.2 Å². The Bertz CT molecular complexity index is 321. The number of ether oxygens (including phenoxy) is 2. The zero-order valence-corrected chi connectivity index (χ0v) is 7.86. The molecule has 1 aromatic rings. The Balaban J connectivity index is 2.12. The van der Waals surface area contributed by atoms with Gasteiger partial charge in [0.25, 0.3) is 0 Å². The van der Waals surface area contributed by atoms with Gasteiger partial charge in [-0.15, -0.1) is 5.10 Å². The Hall–Kier alpha value is -1.03. The average molecular weight is 183 g/mol. The molecule has 0 N–H and O–H groups in total. The molecule has 1 aliphatic heterocycles. The van der Waals surface area contributed by atoms with E-state index in [0.717, 1.165) is 0 Å². The van der Waals surface area contributed by atoms with E-state index in [0.29, 0.717) is 25.1 Å². The van der Waals surface area contributed by atoms with Gasteiger partial charge in [-0.05, 0) is 13.8 Å². The van der Waals surface area contributed by atoms with Gasteiger partial charge in [0.15, 0.2) is 0 Å². The molecule has 0 amide bonds.